The lowest BCUT2D eigenvalue weighted by molar-refractivity contribution is -0.116. The van der Waals surface area contributed by atoms with Crippen molar-refractivity contribution in [3.8, 4) is 5.69 Å². The fourth-order valence-electron chi connectivity index (χ4n) is 3.52. The molecule has 0 aliphatic carbocycles. The molecule has 5 rings (SSSR count). The number of aromatic nitrogens is 4. The summed E-state index contributed by atoms with van der Waals surface area (Å²) in [6.07, 6.45) is 1.55. The van der Waals surface area contributed by atoms with Crippen molar-refractivity contribution in [2.45, 2.75) is 17.6 Å². The second kappa shape index (κ2) is 7.42. The maximum Gasteiger partial charge on any atom is 0.265 e. The lowest BCUT2D eigenvalue weighted by atomic mass is 10.2. The second-order valence-electron chi connectivity index (χ2n) is 6.90. The molecule has 150 valence electrons. The quantitative estimate of drug-likeness (QED) is 0.511. The lowest BCUT2D eigenvalue weighted by Gasteiger charge is -2.13. The molecule has 2 aromatic carbocycles. The van der Waals surface area contributed by atoms with Crippen LogP contribution < -0.4 is 10.9 Å². The highest BCUT2D eigenvalue weighted by molar-refractivity contribution is 7.99. The van der Waals surface area contributed by atoms with Crippen LogP contribution >= 0.6 is 11.8 Å². The molecule has 30 heavy (non-hydrogen) atoms. The van der Waals surface area contributed by atoms with Gasteiger partial charge in [-0.25, -0.2) is 14.1 Å². The number of halogens is 1. The highest BCUT2D eigenvalue weighted by Crippen LogP contribution is 2.33. The fraction of sp³-hybridized carbons (Fsp3) is 0.143. The number of carbonyl (C=O) groups excluding carboxylic acids is 1. The third kappa shape index (κ3) is 3.17. The molecule has 4 aromatic rings. The van der Waals surface area contributed by atoms with Crippen LogP contribution in [0.15, 0.2) is 70.7 Å². The minimum atomic E-state index is -0.499. The van der Waals surface area contributed by atoms with Crippen molar-refractivity contribution in [2.75, 3.05) is 11.1 Å². The van der Waals surface area contributed by atoms with Crippen LogP contribution in [0.2, 0.25) is 0 Å². The van der Waals surface area contributed by atoms with Crippen molar-refractivity contribution in [3.05, 3.63) is 77.0 Å². The monoisotopic (exact) mass is 421 g/mol. The number of carbonyl (C=O) groups is 1. The normalized spacial score (nSPS) is 15.3. The number of hydrogen-bond donors (Lipinski definition) is 1. The number of benzene rings is 2. The largest absolute Gasteiger partial charge is 0.324 e. The van der Waals surface area contributed by atoms with E-state index in [4.69, 9.17) is 0 Å². The minimum Gasteiger partial charge on any atom is -0.324 e. The number of nitrogens with zero attached hydrogens (tertiary/aromatic N) is 4. The molecule has 1 N–H and O–H groups in total. The summed E-state index contributed by atoms with van der Waals surface area (Å²) in [5.74, 6) is -0.315. The van der Waals surface area contributed by atoms with Crippen LogP contribution in [0.4, 0.5) is 10.1 Å². The Hall–Kier alpha value is -3.46. The zero-order valence-electron chi connectivity index (χ0n) is 15.7. The average molecular weight is 421 g/mol. The van der Waals surface area contributed by atoms with Gasteiger partial charge in [-0.2, -0.15) is 5.10 Å². The molecule has 1 aliphatic heterocycles. The van der Waals surface area contributed by atoms with E-state index in [1.54, 1.807) is 21.4 Å². The maximum atomic E-state index is 13.8. The number of para-hydroxylation sites is 2. The van der Waals surface area contributed by atoms with E-state index in [1.165, 1.54) is 30.1 Å². The van der Waals surface area contributed by atoms with Crippen LogP contribution in [0.25, 0.3) is 16.7 Å². The number of amides is 1. The molecule has 0 fully saturated rings. The molecule has 1 atom stereocenters. The Morgan fingerprint density at radius 1 is 1.17 bits per heavy atom. The predicted octanol–water partition coefficient (Wildman–Crippen LogP) is 3.40. The summed E-state index contributed by atoms with van der Waals surface area (Å²) in [7, 11) is 0. The van der Waals surface area contributed by atoms with Gasteiger partial charge >= 0.3 is 0 Å². The van der Waals surface area contributed by atoms with Crippen LogP contribution in [0.1, 0.15) is 12.5 Å². The van der Waals surface area contributed by atoms with Gasteiger partial charge in [0.25, 0.3) is 5.56 Å². The van der Waals surface area contributed by atoms with Crippen molar-refractivity contribution in [2.24, 2.45) is 0 Å². The molecule has 0 spiro atoms. The number of anilines is 1. The molecule has 3 heterocycles. The molecule has 0 saturated heterocycles. The van der Waals surface area contributed by atoms with Gasteiger partial charge < -0.3 is 5.32 Å². The van der Waals surface area contributed by atoms with Crippen LogP contribution in [0.3, 0.4) is 0 Å². The first-order valence-electron chi connectivity index (χ1n) is 9.34. The maximum absolute atomic E-state index is 13.8. The molecule has 0 radical (unpaired) electrons. The van der Waals surface area contributed by atoms with E-state index in [2.05, 4.69) is 15.4 Å². The Morgan fingerprint density at radius 2 is 1.93 bits per heavy atom. The SMILES string of the molecule is O=C(CC1CSc2nc3c(cnn3-c3ccccc3)c(=O)n21)Nc1ccccc1F. The molecule has 7 nitrogen and oxygen atoms in total. The first-order valence-corrected chi connectivity index (χ1v) is 10.3. The summed E-state index contributed by atoms with van der Waals surface area (Å²) in [4.78, 5) is 30.2. The Kier molecular flexibility index (Phi) is 4.59. The molecule has 1 amide bonds. The average Bonchev–Trinajstić information content (AvgIpc) is 3.35. The first kappa shape index (κ1) is 18.6. The van der Waals surface area contributed by atoms with Crippen molar-refractivity contribution >= 4 is 34.4 Å². The standard InChI is InChI=1S/C21H16FN5O2S/c22-16-8-4-5-9-17(16)24-18(28)10-14-12-30-21-25-19-15(20(29)26(14)21)11-23-27(19)13-6-2-1-3-7-13/h1-9,11,14H,10,12H2,(H,24,28). The highest BCUT2D eigenvalue weighted by atomic mass is 32.2. The topological polar surface area (TPSA) is 81.8 Å². The summed E-state index contributed by atoms with van der Waals surface area (Å²) >= 11 is 1.42. The van der Waals surface area contributed by atoms with Gasteiger partial charge in [-0.1, -0.05) is 42.1 Å². The van der Waals surface area contributed by atoms with E-state index in [-0.39, 0.29) is 29.6 Å². The third-order valence-electron chi connectivity index (χ3n) is 4.94. The van der Waals surface area contributed by atoms with Crippen molar-refractivity contribution < 1.29 is 9.18 Å². The van der Waals surface area contributed by atoms with E-state index >= 15 is 0 Å². The highest BCUT2D eigenvalue weighted by Gasteiger charge is 2.29. The molecule has 9 heteroatoms. The van der Waals surface area contributed by atoms with E-state index in [0.717, 1.165) is 5.69 Å². The van der Waals surface area contributed by atoms with Crippen molar-refractivity contribution in [1.82, 2.24) is 19.3 Å². The molecule has 1 aliphatic rings. The zero-order chi connectivity index (χ0) is 20.7. The lowest BCUT2D eigenvalue weighted by Crippen LogP contribution is -2.27. The molecular weight excluding hydrogens is 405 g/mol. The molecule has 2 aromatic heterocycles. The van der Waals surface area contributed by atoms with Gasteiger partial charge in [0.2, 0.25) is 5.91 Å². The van der Waals surface area contributed by atoms with Crippen LogP contribution in [-0.2, 0) is 4.79 Å². The second-order valence-corrected chi connectivity index (χ2v) is 7.88. The Labute approximate surface area is 174 Å². The molecular formula is C21H16FN5O2S. The number of rotatable bonds is 4. The van der Waals surface area contributed by atoms with Gasteiger partial charge in [-0.05, 0) is 24.3 Å². The summed E-state index contributed by atoms with van der Waals surface area (Å²) in [6, 6.07) is 15.1. The fourth-order valence-corrected chi connectivity index (χ4v) is 4.65. The summed E-state index contributed by atoms with van der Waals surface area (Å²) in [5, 5.41) is 7.85. The molecule has 0 saturated carbocycles. The summed E-state index contributed by atoms with van der Waals surface area (Å²) in [5.41, 5.74) is 1.19. The Morgan fingerprint density at radius 3 is 2.73 bits per heavy atom. The van der Waals surface area contributed by atoms with Crippen LogP contribution in [0.5, 0.6) is 0 Å². The van der Waals surface area contributed by atoms with Crippen molar-refractivity contribution in [1.29, 1.82) is 0 Å². The van der Waals surface area contributed by atoms with E-state index in [0.29, 0.717) is 21.9 Å². The zero-order valence-corrected chi connectivity index (χ0v) is 16.5. The van der Waals surface area contributed by atoms with Gasteiger partial charge in [0.15, 0.2) is 10.8 Å². The Bertz CT molecular complexity index is 1320. The Balaban J connectivity index is 1.46. The first-order chi connectivity index (χ1) is 14.6. The summed E-state index contributed by atoms with van der Waals surface area (Å²) in [6.45, 7) is 0. The number of hydrogen-bond acceptors (Lipinski definition) is 5. The minimum absolute atomic E-state index is 0.0499. The predicted molar refractivity (Wildman–Crippen MR) is 113 cm³/mol. The van der Waals surface area contributed by atoms with Gasteiger partial charge in [-0.3, -0.25) is 14.2 Å². The third-order valence-corrected chi connectivity index (χ3v) is 6.04. The molecule has 0 bridgehead atoms. The summed E-state index contributed by atoms with van der Waals surface area (Å²) < 4.78 is 17.0. The number of nitrogens with one attached hydrogen (secondary N) is 1. The number of thioether (sulfide) groups is 1. The smallest absolute Gasteiger partial charge is 0.265 e. The number of fused-ring (bicyclic) bond motifs is 2. The van der Waals surface area contributed by atoms with Gasteiger partial charge in [0.1, 0.15) is 11.2 Å². The molecule has 1 unspecified atom stereocenters. The van der Waals surface area contributed by atoms with Gasteiger partial charge in [-0.15, -0.1) is 0 Å². The van der Waals surface area contributed by atoms with E-state index < -0.39 is 5.82 Å². The van der Waals surface area contributed by atoms with E-state index in [9.17, 15) is 14.0 Å². The van der Waals surface area contributed by atoms with Crippen molar-refractivity contribution in [3.63, 3.8) is 0 Å². The van der Waals surface area contributed by atoms with E-state index in [1.807, 2.05) is 30.3 Å². The van der Waals surface area contributed by atoms with Crippen LogP contribution in [0, 0.1) is 5.82 Å². The van der Waals surface area contributed by atoms with Gasteiger partial charge in [0, 0.05) is 12.2 Å². The van der Waals surface area contributed by atoms with Crippen LogP contribution in [-0.4, -0.2) is 31.0 Å². The van der Waals surface area contributed by atoms with Gasteiger partial charge in [0.05, 0.1) is 23.6 Å².